The van der Waals surface area contributed by atoms with Crippen LogP contribution in [0.3, 0.4) is 0 Å². The Bertz CT molecular complexity index is 806. The molecule has 0 saturated carbocycles. The number of nitrogens with one attached hydrogen (secondary N) is 2. The normalized spacial score (nSPS) is 10.8. The molecule has 0 fully saturated rings. The maximum atomic E-state index is 11.8. The van der Waals surface area contributed by atoms with Crippen LogP contribution in [0.2, 0.25) is 0 Å². The van der Waals surface area contributed by atoms with Crippen molar-refractivity contribution in [3.63, 3.8) is 0 Å². The Kier molecular flexibility index (Phi) is 5.69. The summed E-state index contributed by atoms with van der Waals surface area (Å²) in [6.07, 6.45) is 0. The van der Waals surface area contributed by atoms with Gasteiger partial charge in [-0.1, -0.05) is 42.5 Å². The summed E-state index contributed by atoms with van der Waals surface area (Å²) in [7, 11) is 0. The van der Waals surface area contributed by atoms with Gasteiger partial charge in [0.1, 0.15) is 10.7 Å². The summed E-state index contributed by atoms with van der Waals surface area (Å²) in [4.78, 5) is 22.4. The topological polar surface area (TPSA) is 96.6 Å². The van der Waals surface area contributed by atoms with Crippen molar-refractivity contribution in [2.75, 3.05) is 10.7 Å². The minimum atomic E-state index is -0.536. The molecule has 8 heteroatoms. The van der Waals surface area contributed by atoms with Gasteiger partial charge in [-0.15, -0.1) is 0 Å². The largest absolute Gasteiger partial charge is 0.345 e. The SMILES string of the molecule is CC(=O)C(=NNc1ccccc1[N+](=O)[O-])C(=S)Nc1ccccc1. The predicted molar refractivity (Wildman–Crippen MR) is 97.5 cm³/mol. The van der Waals surface area contributed by atoms with E-state index in [1.807, 2.05) is 18.2 Å². The van der Waals surface area contributed by atoms with Crippen molar-refractivity contribution in [1.29, 1.82) is 0 Å². The van der Waals surface area contributed by atoms with Gasteiger partial charge in [0, 0.05) is 18.7 Å². The minimum absolute atomic E-state index is 0.0213. The van der Waals surface area contributed by atoms with Gasteiger partial charge in [-0.05, 0) is 18.2 Å². The Hall–Kier alpha value is -3.13. The van der Waals surface area contributed by atoms with E-state index in [1.54, 1.807) is 24.3 Å². The number of thiocarbonyl (C=S) groups is 1. The molecule has 0 bridgehead atoms. The van der Waals surface area contributed by atoms with Crippen LogP contribution in [0.1, 0.15) is 6.92 Å². The summed E-state index contributed by atoms with van der Waals surface area (Å²) in [6.45, 7) is 1.32. The summed E-state index contributed by atoms with van der Waals surface area (Å²) in [5.74, 6) is -0.366. The highest BCUT2D eigenvalue weighted by atomic mass is 32.1. The smallest absolute Gasteiger partial charge is 0.294 e. The summed E-state index contributed by atoms with van der Waals surface area (Å²) in [5.41, 5.74) is 3.25. The average molecular weight is 342 g/mol. The van der Waals surface area contributed by atoms with Gasteiger partial charge in [0.2, 0.25) is 0 Å². The van der Waals surface area contributed by atoms with Gasteiger partial charge in [-0.3, -0.25) is 20.3 Å². The molecule has 0 aliphatic heterocycles. The van der Waals surface area contributed by atoms with Crippen LogP contribution in [0.25, 0.3) is 0 Å². The number of carbonyl (C=O) groups is 1. The van der Waals surface area contributed by atoms with Crippen molar-refractivity contribution >= 4 is 45.8 Å². The monoisotopic (exact) mass is 342 g/mol. The Morgan fingerprint density at radius 1 is 1.12 bits per heavy atom. The number of carbonyl (C=O) groups excluding carboxylic acids is 1. The number of anilines is 2. The Balaban J connectivity index is 2.22. The van der Waals surface area contributed by atoms with Gasteiger partial charge < -0.3 is 5.32 Å². The molecule has 0 aliphatic carbocycles. The molecule has 0 radical (unpaired) electrons. The molecule has 2 N–H and O–H groups in total. The van der Waals surface area contributed by atoms with E-state index in [4.69, 9.17) is 12.2 Å². The molecule has 0 heterocycles. The Labute approximate surface area is 143 Å². The van der Waals surface area contributed by atoms with Crippen LogP contribution in [0.15, 0.2) is 59.7 Å². The van der Waals surface area contributed by atoms with Crippen molar-refractivity contribution < 1.29 is 9.72 Å². The number of hydrazone groups is 1. The minimum Gasteiger partial charge on any atom is -0.345 e. The lowest BCUT2D eigenvalue weighted by Crippen LogP contribution is -2.27. The van der Waals surface area contributed by atoms with E-state index in [-0.39, 0.29) is 27.9 Å². The van der Waals surface area contributed by atoms with Crippen LogP contribution in [0.5, 0.6) is 0 Å². The molecule has 0 aromatic heterocycles. The van der Waals surface area contributed by atoms with Crippen molar-refractivity contribution in [3.8, 4) is 0 Å². The predicted octanol–water partition coefficient (Wildman–Crippen LogP) is 3.39. The maximum absolute atomic E-state index is 11.8. The number of benzene rings is 2. The fourth-order valence-electron chi connectivity index (χ4n) is 1.84. The number of ketones is 1. The van der Waals surface area contributed by atoms with Crippen molar-refractivity contribution in [3.05, 3.63) is 64.7 Å². The number of nitro benzene ring substituents is 1. The number of rotatable bonds is 6. The molecule has 7 nitrogen and oxygen atoms in total. The first-order chi connectivity index (χ1) is 11.5. The molecule has 0 saturated heterocycles. The van der Waals surface area contributed by atoms with E-state index in [2.05, 4.69) is 15.8 Å². The standard InChI is InChI=1S/C16H14N4O3S/c1-11(21)15(16(24)17-12-7-3-2-4-8-12)19-18-13-9-5-6-10-14(13)20(22)23/h2-10,18H,1H3,(H,17,24). The van der Waals surface area contributed by atoms with Crippen molar-refractivity contribution in [1.82, 2.24) is 0 Å². The molecular weight excluding hydrogens is 328 g/mol. The van der Waals surface area contributed by atoms with Crippen molar-refractivity contribution in [2.24, 2.45) is 5.10 Å². The van der Waals surface area contributed by atoms with E-state index < -0.39 is 4.92 Å². The highest BCUT2D eigenvalue weighted by molar-refractivity contribution is 7.82. The first-order valence-corrected chi connectivity index (χ1v) is 7.34. The molecule has 0 atom stereocenters. The second-order valence-electron chi connectivity index (χ2n) is 4.72. The Morgan fingerprint density at radius 2 is 1.75 bits per heavy atom. The Morgan fingerprint density at radius 3 is 2.38 bits per heavy atom. The van der Waals surface area contributed by atoms with E-state index in [1.165, 1.54) is 19.1 Å². The molecule has 122 valence electrons. The third-order valence-electron chi connectivity index (χ3n) is 2.97. The molecule has 0 aliphatic rings. The van der Waals surface area contributed by atoms with Gasteiger partial charge in [-0.25, -0.2) is 0 Å². The number of hydrogen-bond acceptors (Lipinski definition) is 6. The van der Waals surface area contributed by atoms with Gasteiger partial charge in [0.25, 0.3) is 5.69 Å². The number of para-hydroxylation sites is 3. The zero-order chi connectivity index (χ0) is 17.5. The van der Waals surface area contributed by atoms with E-state index in [0.29, 0.717) is 5.69 Å². The fraction of sp³-hybridized carbons (Fsp3) is 0.0625. The fourth-order valence-corrected chi connectivity index (χ4v) is 2.15. The summed E-state index contributed by atoms with van der Waals surface area (Å²) in [5, 5.41) is 17.8. The van der Waals surface area contributed by atoms with Crippen molar-refractivity contribution in [2.45, 2.75) is 6.92 Å². The van der Waals surface area contributed by atoms with Crippen LogP contribution in [0.4, 0.5) is 17.1 Å². The molecule has 2 aromatic carbocycles. The van der Waals surface area contributed by atoms with Gasteiger partial charge in [0.05, 0.1) is 4.92 Å². The quantitative estimate of drug-likeness (QED) is 0.361. The zero-order valence-electron chi connectivity index (χ0n) is 12.7. The number of Topliss-reactive ketones (excluding diaryl/α,β-unsaturated/α-hetero) is 1. The molecular formula is C16H14N4O3S. The molecule has 0 amide bonds. The van der Waals surface area contributed by atoms with Crippen LogP contribution >= 0.6 is 12.2 Å². The lowest BCUT2D eigenvalue weighted by atomic mass is 10.2. The third-order valence-corrected chi connectivity index (χ3v) is 3.26. The molecule has 2 rings (SSSR count). The van der Waals surface area contributed by atoms with E-state index in [9.17, 15) is 14.9 Å². The second-order valence-corrected chi connectivity index (χ2v) is 5.13. The summed E-state index contributed by atoms with van der Waals surface area (Å²) < 4.78 is 0. The van der Waals surface area contributed by atoms with Gasteiger partial charge >= 0.3 is 0 Å². The molecule has 2 aromatic rings. The molecule has 24 heavy (non-hydrogen) atoms. The summed E-state index contributed by atoms with van der Waals surface area (Å²) >= 11 is 5.20. The zero-order valence-corrected chi connectivity index (χ0v) is 13.5. The number of nitrogens with zero attached hydrogens (tertiary/aromatic N) is 2. The third kappa shape index (κ3) is 4.43. The number of hydrogen-bond donors (Lipinski definition) is 2. The summed E-state index contributed by atoms with van der Waals surface area (Å²) in [6, 6.07) is 15.1. The second kappa shape index (κ2) is 7.93. The molecule has 0 unspecified atom stereocenters. The van der Waals surface area contributed by atoms with E-state index >= 15 is 0 Å². The van der Waals surface area contributed by atoms with Crippen LogP contribution in [-0.4, -0.2) is 21.4 Å². The highest BCUT2D eigenvalue weighted by Gasteiger charge is 2.15. The molecule has 0 spiro atoms. The average Bonchev–Trinajstić information content (AvgIpc) is 2.56. The lowest BCUT2D eigenvalue weighted by Gasteiger charge is -2.09. The van der Waals surface area contributed by atoms with Gasteiger partial charge in [-0.2, -0.15) is 5.10 Å². The first-order valence-electron chi connectivity index (χ1n) is 6.93. The number of nitro groups is 1. The highest BCUT2D eigenvalue weighted by Crippen LogP contribution is 2.23. The van der Waals surface area contributed by atoms with Crippen LogP contribution in [-0.2, 0) is 4.79 Å². The van der Waals surface area contributed by atoms with Crippen LogP contribution < -0.4 is 10.7 Å². The van der Waals surface area contributed by atoms with E-state index in [0.717, 1.165) is 0 Å². The maximum Gasteiger partial charge on any atom is 0.294 e. The van der Waals surface area contributed by atoms with Gasteiger partial charge in [0.15, 0.2) is 11.5 Å². The first kappa shape index (κ1) is 17.2. The lowest BCUT2D eigenvalue weighted by molar-refractivity contribution is -0.384. The van der Waals surface area contributed by atoms with Crippen LogP contribution in [0, 0.1) is 10.1 Å².